The molecule has 0 radical (unpaired) electrons. The molecule has 2 N–H and O–H groups in total. The van der Waals surface area contributed by atoms with Gasteiger partial charge in [-0.25, -0.2) is 0 Å². The second-order valence-corrected chi connectivity index (χ2v) is 5.36. The number of nitrogens with two attached hydrogens (primary N) is 1. The fourth-order valence-electron chi connectivity index (χ4n) is 1.60. The van der Waals surface area contributed by atoms with Gasteiger partial charge in [-0.1, -0.05) is 17.7 Å². The van der Waals surface area contributed by atoms with Crippen molar-refractivity contribution in [2.24, 2.45) is 12.8 Å². The van der Waals surface area contributed by atoms with Crippen molar-refractivity contribution in [1.82, 2.24) is 14.8 Å². The van der Waals surface area contributed by atoms with Crippen molar-refractivity contribution in [3.63, 3.8) is 0 Å². The minimum Gasteiger partial charge on any atom is -0.330 e. The third-order valence-corrected chi connectivity index (χ3v) is 4.22. The van der Waals surface area contributed by atoms with E-state index in [0.29, 0.717) is 6.54 Å². The summed E-state index contributed by atoms with van der Waals surface area (Å²) in [6, 6.07) is 5.86. The van der Waals surface area contributed by atoms with E-state index in [2.05, 4.69) is 10.2 Å². The largest absolute Gasteiger partial charge is 0.330 e. The molecule has 0 spiro atoms. The minimum atomic E-state index is 0.579. The quantitative estimate of drug-likeness (QED) is 0.936. The van der Waals surface area contributed by atoms with Crippen LogP contribution in [0.15, 0.2) is 28.3 Å². The zero-order valence-corrected chi connectivity index (χ0v) is 11.9. The molecule has 96 valence electrons. The number of aromatic nitrogens is 3. The summed E-state index contributed by atoms with van der Waals surface area (Å²) >= 11 is 7.77. The standard InChI is InChI=1S/C12H15ClN4S/c1-8-15-16-12(17(8)2)18-11-5-3-4-10(13)9(11)6-7-14/h3-5H,6-7,14H2,1-2H3. The molecule has 0 bridgehead atoms. The van der Waals surface area contributed by atoms with E-state index < -0.39 is 0 Å². The van der Waals surface area contributed by atoms with Crippen LogP contribution in [-0.2, 0) is 13.5 Å². The van der Waals surface area contributed by atoms with Gasteiger partial charge in [0.2, 0.25) is 0 Å². The Bertz CT molecular complexity index is 553. The van der Waals surface area contributed by atoms with Crippen molar-refractivity contribution in [2.45, 2.75) is 23.4 Å². The summed E-state index contributed by atoms with van der Waals surface area (Å²) in [6.07, 6.45) is 0.763. The molecule has 0 fully saturated rings. The predicted octanol–water partition coefficient (Wildman–Crippen LogP) is 2.43. The van der Waals surface area contributed by atoms with Gasteiger partial charge in [-0.3, -0.25) is 0 Å². The zero-order valence-electron chi connectivity index (χ0n) is 10.4. The molecule has 4 nitrogen and oxygen atoms in total. The molecule has 1 heterocycles. The molecule has 2 rings (SSSR count). The van der Waals surface area contributed by atoms with Crippen molar-refractivity contribution >= 4 is 23.4 Å². The van der Waals surface area contributed by atoms with Crippen molar-refractivity contribution in [3.8, 4) is 0 Å². The van der Waals surface area contributed by atoms with Crippen LogP contribution in [0.4, 0.5) is 0 Å². The molecule has 0 aliphatic rings. The molecule has 0 saturated carbocycles. The van der Waals surface area contributed by atoms with E-state index in [1.54, 1.807) is 11.8 Å². The number of hydrogen-bond acceptors (Lipinski definition) is 4. The van der Waals surface area contributed by atoms with E-state index in [4.69, 9.17) is 17.3 Å². The molecule has 1 aromatic heterocycles. The third-order valence-electron chi connectivity index (χ3n) is 2.72. The summed E-state index contributed by atoms with van der Waals surface area (Å²) in [5, 5.41) is 9.80. The van der Waals surface area contributed by atoms with Crippen molar-refractivity contribution in [3.05, 3.63) is 34.6 Å². The highest BCUT2D eigenvalue weighted by molar-refractivity contribution is 7.99. The summed E-state index contributed by atoms with van der Waals surface area (Å²) in [4.78, 5) is 1.09. The molecular weight excluding hydrogens is 268 g/mol. The molecule has 0 saturated heterocycles. The lowest BCUT2D eigenvalue weighted by atomic mass is 10.1. The number of nitrogens with zero attached hydrogens (tertiary/aromatic N) is 3. The van der Waals surface area contributed by atoms with E-state index in [9.17, 15) is 0 Å². The van der Waals surface area contributed by atoms with E-state index >= 15 is 0 Å². The topological polar surface area (TPSA) is 56.7 Å². The van der Waals surface area contributed by atoms with Gasteiger partial charge >= 0.3 is 0 Å². The fraction of sp³-hybridized carbons (Fsp3) is 0.333. The SMILES string of the molecule is Cc1nnc(Sc2cccc(Cl)c2CCN)n1C. The number of benzene rings is 1. The second kappa shape index (κ2) is 5.73. The Balaban J connectivity index is 2.34. The van der Waals surface area contributed by atoms with Crippen LogP contribution < -0.4 is 5.73 Å². The van der Waals surface area contributed by atoms with E-state index in [1.807, 2.05) is 36.7 Å². The monoisotopic (exact) mass is 282 g/mol. The normalized spacial score (nSPS) is 10.9. The first kappa shape index (κ1) is 13.4. The van der Waals surface area contributed by atoms with Gasteiger partial charge in [0.05, 0.1) is 0 Å². The number of hydrogen-bond donors (Lipinski definition) is 1. The Morgan fingerprint density at radius 3 is 2.78 bits per heavy atom. The van der Waals surface area contributed by atoms with Gasteiger partial charge in [0, 0.05) is 17.0 Å². The Morgan fingerprint density at radius 1 is 1.39 bits per heavy atom. The van der Waals surface area contributed by atoms with Gasteiger partial charge < -0.3 is 10.3 Å². The van der Waals surface area contributed by atoms with Gasteiger partial charge in [-0.15, -0.1) is 10.2 Å². The molecule has 18 heavy (non-hydrogen) atoms. The molecule has 2 aromatic rings. The summed E-state index contributed by atoms with van der Waals surface area (Å²) in [6.45, 7) is 2.50. The second-order valence-electron chi connectivity index (χ2n) is 3.95. The van der Waals surface area contributed by atoms with Gasteiger partial charge in [0.15, 0.2) is 5.16 Å². The first-order chi connectivity index (χ1) is 8.63. The molecule has 0 aliphatic heterocycles. The van der Waals surface area contributed by atoms with Crippen LogP contribution in [-0.4, -0.2) is 21.3 Å². The third kappa shape index (κ3) is 2.68. The van der Waals surface area contributed by atoms with E-state index in [-0.39, 0.29) is 0 Å². The van der Waals surface area contributed by atoms with Crippen LogP contribution >= 0.6 is 23.4 Å². The molecule has 1 aromatic carbocycles. The van der Waals surface area contributed by atoms with Crippen LogP contribution in [0, 0.1) is 6.92 Å². The Morgan fingerprint density at radius 2 is 2.17 bits per heavy atom. The lowest BCUT2D eigenvalue weighted by Gasteiger charge is -2.09. The maximum Gasteiger partial charge on any atom is 0.195 e. The lowest BCUT2D eigenvalue weighted by molar-refractivity contribution is 0.765. The van der Waals surface area contributed by atoms with Gasteiger partial charge in [-0.05, 0) is 49.3 Å². The number of aryl methyl sites for hydroxylation is 1. The first-order valence-corrected chi connectivity index (χ1v) is 6.84. The Kier molecular flexibility index (Phi) is 4.27. The van der Waals surface area contributed by atoms with Gasteiger partial charge in [0.1, 0.15) is 5.82 Å². The van der Waals surface area contributed by atoms with Crippen molar-refractivity contribution < 1.29 is 0 Å². The van der Waals surface area contributed by atoms with E-state index in [1.165, 1.54) is 0 Å². The van der Waals surface area contributed by atoms with Crippen LogP contribution in [0.2, 0.25) is 5.02 Å². The van der Waals surface area contributed by atoms with E-state index in [0.717, 1.165) is 32.9 Å². The summed E-state index contributed by atoms with van der Waals surface area (Å²) in [5.41, 5.74) is 6.70. The Hall–Kier alpha value is -1.04. The fourth-order valence-corrected chi connectivity index (χ4v) is 2.95. The minimum absolute atomic E-state index is 0.579. The first-order valence-electron chi connectivity index (χ1n) is 5.64. The lowest BCUT2D eigenvalue weighted by Crippen LogP contribution is -2.04. The molecule has 0 unspecified atom stereocenters. The van der Waals surface area contributed by atoms with Gasteiger partial charge in [-0.2, -0.15) is 0 Å². The summed E-state index contributed by atoms with van der Waals surface area (Å²) < 4.78 is 1.96. The zero-order chi connectivity index (χ0) is 13.1. The highest BCUT2D eigenvalue weighted by Gasteiger charge is 2.12. The van der Waals surface area contributed by atoms with Crippen LogP contribution in [0.25, 0.3) is 0 Å². The molecule has 0 aliphatic carbocycles. The maximum atomic E-state index is 6.21. The summed E-state index contributed by atoms with van der Waals surface area (Å²) in [5.74, 6) is 0.889. The maximum absolute atomic E-state index is 6.21. The smallest absolute Gasteiger partial charge is 0.195 e. The number of rotatable bonds is 4. The number of halogens is 1. The predicted molar refractivity (Wildman–Crippen MR) is 74.1 cm³/mol. The molecule has 0 atom stereocenters. The Labute approximate surface area is 116 Å². The van der Waals surface area contributed by atoms with Crippen molar-refractivity contribution in [1.29, 1.82) is 0 Å². The van der Waals surface area contributed by atoms with Crippen LogP contribution in [0.1, 0.15) is 11.4 Å². The highest BCUT2D eigenvalue weighted by atomic mass is 35.5. The average Bonchev–Trinajstić information content (AvgIpc) is 2.66. The molecule has 0 amide bonds. The highest BCUT2D eigenvalue weighted by Crippen LogP contribution is 2.33. The molecule has 6 heteroatoms. The van der Waals surface area contributed by atoms with Crippen LogP contribution in [0.3, 0.4) is 0 Å². The van der Waals surface area contributed by atoms with Crippen molar-refractivity contribution in [2.75, 3.05) is 6.54 Å². The van der Waals surface area contributed by atoms with Gasteiger partial charge in [0.25, 0.3) is 0 Å². The average molecular weight is 283 g/mol. The molecular formula is C12H15ClN4S. The van der Waals surface area contributed by atoms with Crippen LogP contribution in [0.5, 0.6) is 0 Å². The summed E-state index contributed by atoms with van der Waals surface area (Å²) in [7, 11) is 1.95.